The van der Waals surface area contributed by atoms with Crippen molar-refractivity contribution in [3.8, 4) is 22.4 Å². The predicted molar refractivity (Wildman–Crippen MR) is 97.0 cm³/mol. The van der Waals surface area contributed by atoms with Crippen molar-refractivity contribution in [2.75, 3.05) is 6.61 Å². The van der Waals surface area contributed by atoms with Crippen LogP contribution in [0, 0.1) is 6.92 Å². The van der Waals surface area contributed by atoms with Gasteiger partial charge in [-0.05, 0) is 25.0 Å². The standard InChI is InChI=1S/C21H21NO2/c1-4-24-21(23)18-15(2)22(3)20(17-13-9-6-10-14-17)19(18)16-11-7-5-8-12-16/h5-14H,4H2,1-3H3. The summed E-state index contributed by atoms with van der Waals surface area (Å²) in [6, 6.07) is 20.2. The van der Waals surface area contributed by atoms with E-state index < -0.39 is 0 Å². The summed E-state index contributed by atoms with van der Waals surface area (Å²) in [5, 5.41) is 0. The highest BCUT2D eigenvalue weighted by Crippen LogP contribution is 2.38. The molecule has 3 nitrogen and oxygen atoms in total. The molecule has 0 aliphatic carbocycles. The van der Waals surface area contributed by atoms with Crippen LogP contribution in [-0.2, 0) is 11.8 Å². The van der Waals surface area contributed by atoms with Gasteiger partial charge in [0.15, 0.2) is 0 Å². The zero-order chi connectivity index (χ0) is 17.1. The van der Waals surface area contributed by atoms with Gasteiger partial charge in [0.25, 0.3) is 0 Å². The Bertz CT molecular complexity index is 849. The summed E-state index contributed by atoms with van der Waals surface area (Å²) in [6.07, 6.45) is 0. The summed E-state index contributed by atoms with van der Waals surface area (Å²) in [4.78, 5) is 12.6. The molecule has 3 rings (SSSR count). The molecule has 0 aliphatic heterocycles. The number of carbonyl (C=O) groups excluding carboxylic acids is 1. The van der Waals surface area contributed by atoms with E-state index >= 15 is 0 Å². The average molecular weight is 319 g/mol. The van der Waals surface area contributed by atoms with Gasteiger partial charge in [-0.2, -0.15) is 0 Å². The fourth-order valence-corrected chi connectivity index (χ4v) is 3.08. The minimum atomic E-state index is -0.272. The first-order valence-electron chi connectivity index (χ1n) is 8.12. The van der Waals surface area contributed by atoms with E-state index in [9.17, 15) is 4.79 Å². The van der Waals surface area contributed by atoms with Crippen molar-refractivity contribution >= 4 is 5.97 Å². The number of carbonyl (C=O) groups is 1. The van der Waals surface area contributed by atoms with E-state index in [1.165, 1.54) is 0 Å². The number of aromatic nitrogens is 1. The van der Waals surface area contributed by atoms with Crippen molar-refractivity contribution < 1.29 is 9.53 Å². The Labute approximate surface area is 142 Å². The molecule has 0 saturated carbocycles. The maximum Gasteiger partial charge on any atom is 0.340 e. The molecule has 0 amide bonds. The molecular formula is C21H21NO2. The predicted octanol–water partition coefficient (Wildman–Crippen LogP) is 4.84. The zero-order valence-electron chi connectivity index (χ0n) is 14.2. The third-order valence-electron chi connectivity index (χ3n) is 4.28. The smallest absolute Gasteiger partial charge is 0.340 e. The van der Waals surface area contributed by atoms with Crippen LogP contribution in [0.1, 0.15) is 23.0 Å². The van der Waals surface area contributed by atoms with Crippen molar-refractivity contribution in [2.24, 2.45) is 7.05 Å². The van der Waals surface area contributed by atoms with Crippen LogP contribution in [0.4, 0.5) is 0 Å². The van der Waals surface area contributed by atoms with Gasteiger partial charge >= 0.3 is 5.97 Å². The van der Waals surface area contributed by atoms with Crippen molar-refractivity contribution in [1.82, 2.24) is 4.57 Å². The molecule has 0 aliphatic rings. The largest absolute Gasteiger partial charge is 0.462 e. The quantitative estimate of drug-likeness (QED) is 0.644. The molecule has 0 unspecified atom stereocenters. The molecule has 3 aromatic rings. The maximum absolute atomic E-state index is 12.6. The van der Waals surface area contributed by atoms with E-state index in [-0.39, 0.29) is 5.97 Å². The SMILES string of the molecule is CCOC(=O)c1c(-c2ccccc2)c(-c2ccccc2)n(C)c1C. The summed E-state index contributed by atoms with van der Waals surface area (Å²) in [7, 11) is 1.99. The van der Waals surface area contributed by atoms with Gasteiger partial charge in [-0.1, -0.05) is 60.7 Å². The molecule has 122 valence electrons. The highest BCUT2D eigenvalue weighted by Gasteiger charge is 2.26. The molecule has 0 fully saturated rings. The lowest BCUT2D eigenvalue weighted by molar-refractivity contribution is 0.0526. The zero-order valence-corrected chi connectivity index (χ0v) is 14.2. The Morgan fingerprint density at radius 3 is 2.04 bits per heavy atom. The third-order valence-corrected chi connectivity index (χ3v) is 4.28. The molecule has 0 spiro atoms. The first-order valence-corrected chi connectivity index (χ1v) is 8.12. The van der Waals surface area contributed by atoms with Gasteiger partial charge in [0.2, 0.25) is 0 Å². The van der Waals surface area contributed by atoms with Crippen molar-refractivity contribution in [1.29, 1.82) is 0 Å². The molecule has 0 atom stereocenters. The van der Waals surface area contributed by atoms with Crippen molar-refractivity contribution in [2.45, 2.75) is 13.8 Å². The summed E-state index contributed by atoms with van der Waals surface area (Å²) in [5.41, 5.74) is 5.61. The molecule has 1 heterocycles. The normalized spacial score (nSPS) is 10.6. The Hall–Kier alpha value is -2.81. The molecule has 0 saturated heterocycles. The number of hydrogen-bond acceptors (Lipinski definition) is 2. The lowest BCUT2D eigenvalue weighted by Gasteiger charge is -2.09. The second kappa shape index (κ2) is 6.75. The monoisotopic (exact) mass is 319 g/mol. The first-order chi connectivity index (χ1) is 11.6. The van der Waals surface area contributed by atoms with Crippen molar-refractivity contribution in [3.05, 3.63) is 71.9 Å². The van der Waals surface area contributed by atoms with Crippen LogP contribution in [-0.4, -0.2) is 17.1 Å². The number of ether oxygens (including phenoxy) is 1. The molecule has 0 radical (unpaired) electrons. The van der Waals surface area contributed by atoms with Gasteiger partial charge in [0, 0.05) is 18.3 Å². The molecule has 2 aromatic carbocycles. The van der Waals surface area contributed by atoms with E-state index in [1.54, 1.807) is 0 Å². The van der Waals surface area contributed by atoms with Crippen LogP contribution in [0.3, 0.4) is 0 Å². The van der Waals surface area contributed by atoms with Crippen LogP contribution in [0.2, 0.25) is 0 Å². The Morgan fingerprint density at radius 2 is 1.50 bits per heavy atom. The number of rotatable bonds is 4. The number of nitrogens with zero attached hydrogens (tertiary/aromatic N) is 1. The van der Waals surface area contributed by atoms with Crippen molar-refractivity contribution in [3.63, 3.8) is 0 Å². The lowest BCUT2D eigenvalue weighted by atomic mass is 9.97. The Morgan fingerprint density at radius 1 is 0.958 bits per heavy atom. The second-order valence-corrected chi connectivity index (χ2v) is 5.70. The summed E-state index contributed by atoms with van der Waals surface area (Å²) < 4.78 is 7.40. The molecule has 0 bridgehead atoms. The van der Waals surface area contributed by atoms with Gasteiger partial charge in [0.1, 0.15) is 0 Å². The highest BCUT2D eigenvalue weighted by molar-refractivity contribution is 6.03. The molecule has 0 N–H and O–H groups in total. The summed E-state index contributed by atoms with van der Waals surface area (Å²) in [5.74, 6) is -0.272. The van der Waals surface area contributed by atoms with Crippen LogP contribution in [0.15, 0.2) is 60.7 Å². The Kier molecular flexibility index (Phi) is 4.52. The van der Waals surface area contributed by atoms with E-state index in [1.807, 2.05) is 69.4 Å². The fraction of sp³-hybridized carbons (Fsp3) is 0.190. The minimum Gasteiger partial charge on any atom is -0.462 e. The van der Waals surface area contributed by atoms with E-state index in [4.69, 9.17) is 4.74 Å². The fourth-order valence-electron chi connectivity index (χ4n) is 3.08. The maximum atomic E-state index is 12.6. The summed E-state index contributed by atoms with van der Waals surface area (Å²) in [6.45, 7) is 4.16. The van der Waals surface area contributed by atoms with Gasteiger partial charge in [-0.3, -0.25) is 0 Å². The lowest BCUT2D eigenvalue weighted by Crippen LogP contribution is -2.07. The molecule has 1 aromatic heterocycles. The average Bonchev–Trinajstić information content (AvgIpc) is 2.88. The van der Waals surface area contributed by atoms with Gasteiger partial charge in [-0.25, -0.2) is 4.79 Å². The van der Waals surface area contributed by atoms with E-state index in [2.05, 4.69) is 16.7 Å². The first kappa shape index (κ1) is 16.1. The van der Waals surface area contributed by atoms with E-state index in [0.29, 0.717) is 12.2 Å². The third kappa shape index (κ3) is 2.73. The number of hydrogen-bond donors (Lipinski definition) is 0. The van der Waals surface area contributed by atoms with Crippen LogP contribution >= 0.6 is 0 Å². The Balaban J connectivity index is 2.34. The number of benzene rings is 2. The highest BCUT2D eigenvalue weighted by atomic mass is 16.5. The van der Waals surface area contributed by atoms with Gasteiger partial charge in [0.05, 0.1) is 17.9 Å². The number of esters is 1. The van der Waals surface area contributed by atoms with E-state index in [0.717, 1.165) is 28.1 Å². The van der Waals surface area contributed by atoms with Gasteiger partial charge in [-0.15, -0.1) is 0 Å². The minimum absolute atomic E-state index is 0.272. The summed E-state index contributed by atoms with van der Waals surface area (Å²) >= 11 is 0. The van der Waals surface area contributed by atoms with Crippen LogP contribution < -0.4 is 0 Å². The topological polar surface area (TPSA) is 31.2 Å². The van der Waals surface area contributed by atoms with Gasteiger partial charge < -0.3 is 9.30 Å². The molecule has 24 heavy (non-hydrogen) atoms. The molecule has 3 heteroatoms. The molecular weight excluding hydrogens is 298 g/mol. The second-order valence-electron chi connectivity index (χ2n) is 5.70. The van der Waals surface area contributed by atoms with Crippen LogP contribution in [0.25, 0.3) is 22.4 Å². The van der Waals surface area contributed by atoms with Crippen LogP contribution in [0.5, 0.6) is 0 Å².